The third-order valence-corrected chi connectivity index (χ3v) is 3.67. The Hall–Kier alpha value is -0.440. The van der Waals surface area contributed by atoms with Crippen LogP contribution in [-0.4, -0.2) is 29.4 Å². The fraction of sp³-hybridized carbons (Fsp3) is 0.462. The summed E-state index contributed by atoms with van der Waals surface area (Å²) in [5, 5.41) is 0.789. The van der Waals surface area contributed by atoms with Crippen LogP contribution in [-0.2, 0) is 6.18 Å². The first-order valence-electron chi connectivity index (χ1n) is 6.05. The predicted molar refractivity (Wildman–Crippen MR) is 72.9 cm³/mol. The number of alkyl halides is 3. The van der Waals surface area contributed by atoms with Gasteiger partial charge >= 0.3 is 6.18 Å². The highest BCUT2D eigenvalue weighted by Gasteiger charge is 2.30. The minimum absolute atomic E-state index is 0. The number of halogens is 4. The molecule has 0 N–H and O–H groups in total. The van der Waals surface area contributed by atoms with Crippen molar-refractivity contribution < 1.29 is 37.1 Å². The number of amidine groups is 1. The number of rotatable bonds is 1. The van der Waals surface area contributed by atoms with E-state index in [-0.39, 0.29) is 24.0 Å². The van der Waals surface area contributed by atoms with Crippen molar-refractivity contribution in [2.75, 3.05) is 19.3 Å². The van der Waals surface area contributed by atoms with Crippen LogP contribution in [0, 0.1) is 0 Å². The molecule has 0 radical (unpaired) electrons. The molecule has 1 aliphatic rings. The van der Waals surface area contributed by atoms with Gasteiger partial charge in [-0.1, -0.05) is 17.8 Å². The zero-order chi connectivity index (χ0) is 13.9. The lowest BCUT2D eigenvalue weighted by molar-refractivity contribution is -0.137. The van der Waals surface area contributed by atoms with Crippen LogP contribution in [0.3, 0.4) is 0 Å². The summed E-state index contributed by atoms with van der Waals surface area (Å²) in [5.41, 5.74) is -0.304. The van der Waals surface area contributed by atoms with Crippen LogP contribution in [0.4, 0.5) is 18.9 Å². The zero-order valence-corrected chi connectivity index (χ0v) is 13.9. The van der Waals surface area contributed by atoms with Crippen LogP contribution >= 0.6 is 11.8 Å². The van der Waals surface area contributed by atoms with E-state index in [1.54, 1.807) is 6.07 Å². The molecule has 0 amide bonds. The molecule has 112 valence electrons. The van der Waals surface area contributed by atoms with Gasteiger partial charge in [0, 0.05) is 13.1 Å². The molecule has 0 atom stereocenters. The van der Waals surface area contributed by atoms with Gasteiger partial charge in [0.2, 0.25) is 0 Å². The molecule has 1 aromatic carbocycles. The van der Waals surface area contributed by atoms with Crippen LogP contribution in [0.5, 0.6) is 0 Å². The molecule has 1 fully saturated rings. The second-order valence-corrected chi connectivity index (χ2v) is 5.11. The summed E-state index contributed by atoms with van der Waals surface area (Å²) in [6, 6.07) is 5.14. The average Bonchev–Trinajstić information content (AvgIpc) is 2.89. The second kappa shape index (κ2) is 7.53. The van der Waals surface area contributed by atoms with Gasteiger partial charge in [0.1, 0.15) is 0 Å². The van der Waals surface area contributed by atoms with Gasteiger partial charge in [0.05, 0.1) is 11.3 Å². The van der Waals surface area contributed by atoms with Crippen LogP contribution < -0.4 is 24.0 Å². The maximum absolute atomic E-state index is 12.6. The lowest BCUT2D eigenvalue weighted by Crippen LogP contribution is -3.00. The van der Waals surface area contributed by atoms with Crippen molar-refractivity contribution in [3.8, 4) is 0 Å². The van der Waals surface area contributed by atoms with Crippen LogP contribution in [0.25, 0.3) is 0 Å². The van der Waals surface area contributed by atoms with E-state index in [0.29, 0.717) is 5.69 Å². The monoisotopic (exact) mass is 415 g/mol. The SMILES string of the molecule is CSC(=Nc1cccc(C(F)(F)F)c1)N1CCCC1.[I-]. The molecule has 0 aromatic heterocycles. The van der Waals surface area contributed by atoms with Gasteiger partial charge in [-0.2, -0.15) is 13.2 Å². The Balaban J connectivity index is 0.00000200. The first-order chi connectivity index (χ1) is 9.00. The van der Waals surface area contributed by atoms with Crippen molar-refractivity contribution in [1.82, 2.24) is 4.90 Å². The summed E-state index contributed by atoms with van der Waals surface area (Å²) in [4.78, 5) is 6.45. The van der Waals surface area contributed by atoms with Crippen LogP contribution in [0.1, 0.15) is 18.4 Å². The Labute approximate surface area is 137 Å². The molecule has 0 bridgehead atoms. The van der Waals surface area contributed by atoms with Gasteiger partial charge in [-0.3, -0.25) is 0 Å². The molecule has 2 nitrogen and oxygen atoms in total. The van der Waals surface area contributed by atoms with E-state index >= 15 is 0 Å². The van der Waals surface area contributed by atoms with Gasteiger partial charge in [0.25, 0.3) is 0 Å². The Morgan fingerprint density at radius 3 is 2.45 bits per heavy atom. The number of benzene rings is 1. The smallest absolute Gasteiger partial charge is 0.416 e. The van der Waals surface area contributed by atoms with Gasteiger partial charge in [-0.25, -0.2) is 4.99 Å². The van der Waals surface area contributed by atoms with E-state index in [0.717, 1.165) is 43.2 Å². The predicted octanol–water partition coefficient (Wildman–Crippen LogP) is 1.16. The second-order valence-electron chi connectivity index (χ2n) is 4.34. The lowest BCUT2D eigenvalue weighted by Gasteiger charge is -2.18. The Bertz CT molecular complexity index is 471. The van der Waals surface area contributed by atoms with Gasteiger partial charge in [-0.05, 0) is 37.3 Å². The largest absolute Gasteiger partial charge is 1.00 e. The standard InChI is InChI=1S/C13H15F3N2S.HI/c1-19-12(18-7-2-3-8-18)17-11-6-4-5-10(9-11)13(14,15)16;/h4-6,9H,2-3,7-8H2,1H3;1H/p-1. The molecule has 7 heteroatoms. The summed E-state index contributed by atoms with van der Waals surface area (Å²) in [6.45, 7) is 1.86. The number of likely N-dealkylation sites (tertiary alicyclic amines) is 1. The Morgan fingerprint density at radius 1 is 1.25 bits per heavy atom. The molecule has 0 unspecified atom stereocenters. The molecule has 0 saturated carbocycles. The molecule has 1 saturated heterocycles. The molecule has 0 spiro atoms. The molecular weight excluding hydrogens is 400 g/mol. The molecule has 1 heterocycles. The summed E-state index contributed by atoms with van der Waals surface area (Å²) < 4.78 is 37.9. The number of hydrogen-bond acceptors (Lipinski definition) is 2. The van der Waals surface area contributed by atoms with Crippen LogP contribution in [0.15, 0.2) is 29.3 Å². The Morgan fingerprint density at radius 2 is 1.90 bits per heavy atom. The number of aliphatic imine (C=N–C) groups is 1. The van der Waals surface area contributed by atoms with Crippen LogP contribution in [0.2, 0.25) is 0 Å². The van der Waals surface area contributed by atoms with E-state index in [1.165, 1.54) is 17.8 Å². The first-order valence-corrected chi connectivity index (χ1v) is 7.28. The summed E-state index contributed by atoms with van der Waals surface area (Å²) >= 11 is 1.47. The highest BCUT2D eigenvalue weighted by atomic mass is 127. The minimum atomic E-state index is -4.32. The van der Waals surface area contributed by atoms with Gasteiger partial charge in [-0.15, -0.1) is 0 Å². The summed E-state index contributed by atoms with van der Waals surface area (Å²) in [7, 11) is 0. The quantitative estimate of drug-likeness (QED) is 0.389. The van der Waals surface area contributed by atoms with E-state index in [4.69, 9.17) is 0 Å². The fourth-order valence-electron chi connectivity index (χ4n) is 2.02. The molecule has 1 aliphatic heterocycles. The normalized spacial score (nSPS) is 16.2. The fourth-order valence-corrected chi connectivity index (χ4v) is 2.65. The van der Waals surface area contributed by atoms with Crippen molar-refractivity contribution in [3.05, 3.63) is 29.8 Å². The zero-order valence-electron chi connectivity index (χ0n) is 11.0. The van der Waals surface area contributed by atoms with Gasteiger partial charge in [0.15, 0.2) is 5.17 Å². The molecule has 1 aromatic rings. The van der Waals surface area contributed by atoms with E-state index in [2.05, 4.69) is 9.89 Å². The van der Waals surface area contributed by atoms with E-state index in [1.807, 2.05) is 6.26 Å². The van der Waals surface area contributed by atoms with Crippen molar-refractivity contribution >= 4 is 22.6 Å². The van der Waals surface area contributed by atoms with Crippen molar-refractivity contribution in [2.24, 2.45) is 4.99 Å². The number of hydrogen-bond donors (Lipinski definition) is 0. The van der Waals surface area contributed by atoms with Crippen molar-refractivity contribution in [3.63, 3.8) is 0 Å². The topological polar surface area (TPSA) is 15.6 Å². The summed E-state index contributed by atoms with van der Waals surface area (Å²) in [5.74, 6) is 0. The summed E-state index contributed by atoms with van der Waals surface area (Å²) in [6.07, 6.45) is -0.201. The van der Waals surface area contributed by atoms with Gasteiger partial charge < -0.3 is 28.9 Å². The minimum Gasteiger partial charge on any atom is -1.00 e. The molecular formula is C13H15F3IN2S-. The number of nitrogens with zero attached hydrogens (tertiary/aromatic N) is 2. The maximum atomic E-state index is 12.6. The maximum Gasteiger partial charge on any atom is 0.416 e. The highest BCUT2D eigenvalue weighted by Crippen LogP contribution is 2.31. The van der Waals surface area contributed by atoms with Crippen molar-refractivity contribution in [1.29, 1.82) is 0 Å². The first kappa shape index (κ1) is 17.6. The third kappa shape index (κ3) is 4.54. The Kier molecular flexibility index (Phi) is 6.63. The van der Waals surface area contributed by atoms with E-state index < -0.39 is 11.7 Å². The van der Waals surface area contributed by atoms with E-state index in [9.17, 15) is 13.2 Å². The molecule has 0 aliphatic carbocycles. The third-order valence-electron chi connectivity index (χ3n) is 2.96. The molecule has 20 heavy (non-hydrogen) atoms. The molecule has 2 rings (SSSR count). The van der Waals surface area contributed by atoms with Crippen molar-refractivity contribution in [2.45, 2.75) is 19.0 Å². The average molecular weight is 415 g/mol. The number of thioether (sulfide) groups is 1. The lowest BCUT2D eigenvalue weighted by atomic mass is 10.2. The highest BCUT2D eigenvalue weighted by molar-refractivity contribution is 8.13.